The highest BCUT2D eigenvalue weighted by Gasteiger charge is 2.15. The summed E-state index contributed by atoms with van der Waals surface area (Å²) in [6.45, 7) is 10.7. The molecule has 0 heterocycles. The summed E-state index contributed by atoms with van der Waals surface area (Å²) < 4.78 is 5.10. The van der Waals surface area contributed by atoms with Crippen LogP contribution in [0.2, 0.25) is 0 Å². The van der Waals surface area contributed by atoms with Crippen LogP contribution in [0, 0.1) is 0 Å². The van der Waals surface area contributed by atoms with Gasteiger partial charge in [-0.2, -0.15) is 0 Å². The maximum absolute atomic E-state index is 11.3. The fourth-order valence-corrected chi connectivity index (χ4v) is 1.05. The number of rotatable bonds is 5. The predicted molar refractivity (Wildman–Crippen MR) is 73.8 cm³/mol. The van der Waals surface area contributed by atoms with Crippen molar-refractivity contribution in [2.45, 2.75) is 26.4 Å². The summed E-state index contributed by atoms with van der Waals surface area (Å²) in [5, 5.41) is 8.71. The summed E-state index contributed by atoms with van der Waals surface area (Å²) in [7, 11) is 1.68. The maximum atomic E-state index is 11.3. The van der Waals surface area contributed by atoms with E-state index in [1.807, 2.05) is 20.8 Å². The van der Waals surface area contributed by atoms with Crippen molar-refractivity contribution >= 4 is 12.1 Å². The number of nitrogens with one attached hydrogen (secondary N) is 3. The van der Waals surface area contributed by atoms with Gasteiger partial charge in [-0.3, -0.25) is 4.99 Å². The van der Waals surface area contributed by atoms with Crippen LogP contribution in [0.3, 0.4) is 0 Å². The normalized spacial score (nSPS) is 11.7. The van der Waals surface area contributed by atoms with E-state index in [9.17, 15) is 4.79 Å². The Labute approximate surface area is 109 Å². The van der Waals surface area contributed by atoms with Gasteiger partial charge >= 0.3 is 6.09 Å². The van der Waals surface area contributed by atoms with Crippen LogP contribution < -0.4 is 16.0 Å². The molecule has 0 radical (unpaired) electrons. The lowest BCUT2D eigenvalue weighted by Gasteiger charge is -2.19. The minimum atomic E-state index is -0.473. The van der Waals surface area contributed by atoms with Crippen LogP contribution in [-0.4, -0.2) is 44.3 Å². The molecule has 0 aromatic carbocycles. The molecule has 0 aromatic heterocycles. The minimum Gasteiger partial charge on any atom is -0.444 e. The third-order valence-corrected chi connectivity index (χ3v) is 1.72. The van der Waals surface area contributed by atoms with Gasteiger partial charge < -0.3 is 20.7 Å². The van der Waals surface area contributed by atoms with Crippen molar-refractivity contribution in [3.05, 3.63) is 12.7 Å². The average Bonchev–Trinajstić information content (AvgIpc) is 2.26. The lowest BCUT2D eigenvalue weighted by atomic mass is 10.2. The van der Waals surface area contributed by atoms with Crippen LogP contribution in [0.1, 0.15) is 20.8 Å². The van der Waals surface area contributed by atoms with Crippen molar-refractivity contribution in [1.29, 1.82) is 0 Å². The second-order valence-corrected chi connectivity index (χ2v) is 4.60. The molecule has 6 nitrogen and oxygen atoms in total. The number of ether oxygens (including phenoxy) is 1. The summed E-state index contributed by atoms with van der Waals surface area (Å²) in [6, 6.07) is 0. The maximum Gasteiger partial charge on any atom is 0.407 e. The number of guanidine groups is 1. The Balaban J connectivity index is 3.72. The van der Waals surface area contributed by atoms with E-state index in [2.05, 4.69) is 27.5 Å². The van der Waals surface area contributed by atoms with Crippen molar-refractivity contribution in [2.75, 3.05) is 26.7 Å². The molecule has 18 heavy (non-hydrogen) atoms. The van der Waals surface area contributed by atoms with Crippen molar-refractivity contribution in [3.8, 4) is 0 Å². The van der Waals surface area contributed by atoms with Crippen LogP contribution in [0.25, 0.3) is 0 Å². The molecule has 0 fully saturated rings. The van der Waals surface area contributed by atoms with Crippen molar-refractivity contribution in [3.63, 3.8) is 0 Å². The van der Waals surface area contributed by atoms with Gasteiger partial charge in [0.2, 0.25) is 0 Å². The number of aliphatic imine (C=N–C) groups is 1. The fourth-order valence-electron chi connectivity index (χ4n) is 1.05. The molecule has 0 bridgehead atoms. The molecule has 0 unspecified atom stereocenters. The third kappa shape index (κ3) is 9.50. The molecule has 0 saturated carbocycles. The molecular formula is C12H24N4O2. The molecule has 3 N–H and O–H groups in total. The Bertz CT molecular complexity index is 295. The van der Waals surface area contributed by atoms with E-state index in [0.717, 1.165) is 0 Å². The SMILES string of the molecule is C=CCNC(=NC)NCCNC(=O)OC(C)(C)C. The van der Waals surface area contributed by atoms with Gasteiger partial charge in [0, 0.05) is 26.7 Å². The number of carbonyl (C=O) groups excluding carboxylic acids is 1. The first-order valence-electron chi connectivity index (χ1n) is 5.91. The summed E-state index contributed by atoms with van der Waals surface area (Å²) in [4.78, 5) is 15.3. The van der Waals surface area contributed by atoms with E-state index >= 15 is 0 Å². The lowest BCUT2D eigenvalue weighted by Crippen LogP contribution is -2.42. The molecular weight excluding hydrogens is 232 g/mol. The van der Waals surface area contributed by atoms with Crippen LogP contribution in [0.4, 0.5) is 4.79 Å². The Morgan fingerprint density at radius 3 is 2.39 bits per heavy atom. The molecule has 0 atom stereocenters. The van der Waals surface area contributed by atoms with E-state index in [1.54, 1.807) is 13.1 Å². The van der Waals surface area contributed by atoms with E-state index < -0.39 is 11.7 Å². The zero-order valence-electron chi connectivity index (χ0n) is 11.7. The Hall–Kier alpha value is -1.72. The van der Waals surface area contributed by atoms with E-state index in [0.29, 0.717) is 25.6 Å². The second-order valence-electron chi connectivity index (χ2n) is 4.60. The first-order chi connectivity index (χ1) is 8.39. The summed E-state index contributed by atoms with van der Waals surface area (Å²) >= 11 is 0. The van der Waals surface area contributed by atoms with Gasteiger partial charge in [-0.1, -0.05) is 6.08 Å². The molecule has 0 aliphatic rings. The Morgan fingerprint density at radius 2 is 1.89 bits per heavy atom. The van der Waals surface area contributed by atoms with Gasteiger partial charge in [0.15, 0.2) is 5.96 Å². The van der Waals surface area contributed by atoms with Crippen molar-refractivity contribution in [2.24, 2.45) is 4.99 Å². The van der Waals surface area contributed by atoms with Gasteiger partial charge in [0.25, 0.3) is 0 Å². The highest BCUT2D eigenvalue weighted by Crippen LogP contribution is 2.05. The van der Waals surface area contributed by atoms with Crippen LogP contribution in [0.5, 0.6) is 0 Å². The molecule has 104 valence electrons. The first kappa shape index (κ1) is 16.3. The molecule has 0 aromatic rings. The zero-order chi connectivity index (χ0) is 14.0. The van der Waals surface area contributed by atoms with Gasteiger partial charge in [-0.15, -0.1) is 6.58 Å². The lowest BCUT2D eigenvalue weighted by molar-refractivity contribution is 0.0529. The molecule has 6 heteroatoms. The first-order valence-corrected chi connectivity index (χ1v) is 5.91. The quantitative estimate of drug-likeness (QED) is 0.295. The van der Waals surface area contributed by atoms with E-state index in [-0.39, 0.29) is 0 Å². The molecule has 1 amide bonds. The van der Waals surface area contributed by atoms with Gasteiger partial charge in [-0.05, 0) is 20.8 Å². The zero-order valence-corrected chi connectivity index (χ0v) is 11.7. The van der Waals surface area contributed by atoms with Crippen molar-refractivity contribution < 1.29 is 9.53 Å². The van der Waals surface area contributed by atoms with Crippen LogP contribution in [0.15, 0.2) is 17.6 Å². The van der Waals surface area contributed by atoms with Crippen LogP contribution in [-0.2, 0) is 4.74 Å². The van der Waals surface area contributed by atoms with Crippen molar-refractivity contribution in [1.82, 2.24) is 16.0 Å². The van der Waals surface area contributed by atoms with E-state index in [4.69, 9.17) is 4.74 Å². The third-order valence-electron chi connectivity index (χ3n) is 1.72. The van der Waals surface area contributed by atoms with Gasteiger partial charge in [-0.25, -0.2) is 4.79 Å². The molecule has 0 rings (SSSR count). The smallest absolute Gasteiger partial charge is 0.407 e. The second kappa shape index (κ2) is 8.38. The number of alkyl carbamates (subject to hydrolysis) is 1. The fraction of sp³-hybridized carbons (Fsp3) is 0.667. The van der Waals surface area contributed by atoms with E-state index in [1.165, 1.54) is 0 Å². The minimum absolute atomic E-state index is 0.418. The highest BCUT2D eigenvalue weighted by molar-refractivity contribution is 5.79. The average molecular weight is 256 g/mol. The predicted octanol–water partition coefficient (Wildman–Crippen LogP) is 0.862. The number of hydrogen-bond donors (Lipinski definition) is 3. The number of carbonyl (C=O) groups is 1. The summed E-state index contributed by atoms with van der Waals surface area (Å²) in [6.07, 6.45) is 1.32. The number of amides is 1. The van der Waals surface area contributed by atoms with Gasteiger partial charge in [0.05, 0.1) is 0 Å². The monoisotopic (exact) mass is 256 g/mol. The van der Waals surface area contributed by atoms with Crippen LogP contribution >= 0.6 is 0 Å². The van der Waals surface area contributed by atoms with Gasteiger partial charge in [0.1, 0.15) is 5.60 Å². The molecule has 0 saturated heterocycles. The molecule has 0 aliphatic carbocycles. The largest absolute Gasteiger partial charge is 0.444 e. The topological polar surface area (TPSA) is 74.8 Å². The number of hydrogen-bond acceptors (Lipinski definition) is 3. The summed E-state index contributed by atoms with van der Waals surface area (Å²) in [5.74, 6) is 0.667. The molecule has 0 aliphatic heterocycles. The Kier molecular flexibility index (Phi) is 7.58. The Morgan fingerprint density at radius 1 is 1.28 bits per heavy atom. The molecule has 0 spiro atoms. The standard InChI is InChI=1S/C12H24N4O2/c1-6-7-14-10(13-5)15-8-9-16-11(17)18-12(2,3)4/h6H,1,7-9H2,2-5H3,(H,16,17)(H2,13,14,15). The highest BCUT2D eigenvalue weighted by atomic mass is 16.6. The number of nitrogens with zero attached hydrogens (tertiary/aromatic N) is 1. The summed E-state index contributed by atoms with van der Waals surface area (Å²) in [5.41, 5.74) is -0.473.